The van der Waals surface area contributed by atoms with E-state index in [9.17, 15) is 14.4 Å². The highest BCUT2D eigenvalue weighted by Gasteiger charge is 2.53. The van der Waals surface area contributed by atoms with E-state index in [1.807, 2.05) is 12.1 Å². The van der Waals surface area contributed by atoms with Gasteiger partial charge in [-0.3, -0.25) is 9.59 Å². The Morgan fingerprint density at radius 1 is 0.787 bits per heavy atom. The minimum Gasteiger partial charge on any atom is -0.466 e. The first-order valence-corrected chi connectivity index (χ1v) is 22.1. The van der Waals surface area contributed by atoms with Gasteiger partial charge in [0.15, 0.2) is 8.32 Å². The zero-order valence-corrected chi connectivity index (χ0v) is 32.3. The van der Waals surface area contributed by atoms with Crippen molar-refractivity contribution in [3.05, 3.63) is 60.7 Å². The summed E-state index contributed by atoms with van der Waals surface area (Å²) >= 11 is 0. The van der Waals surface area contributed by atoms with Gasteiger partial charge in [-0.05, 0) is 59.7 Å². The molecule has 0 aliphatic heterocycles. The molecule has 7 nitrogen and oxygen atoms in total. The normalized spacial score (nSPS) is 14.2. The Bertz CT molecular complexity index is 1160. The molecule has 0 fully saturated rings. The van der Waals surface area contributed by atoms with Gasteiger partial charge in [0, 0.05) is 6.42 Å². The highest BCUT2D eigenvalue weighted by atomic mass is 28.4. The summed E-state index contributed by atoms with van der Waals surface area (Å²) in [6.45, 7) is 17.6. The number of hydrogen-bond acceptors (Lipinski definition) is 7. The molecule has 262 valence electrons. The molecule has 9 heteroatoms. The van der Waals surface area contributed by atoms with Gasteiger partial charge in [-0.25, -0.2) is 0 Å². The lowest BCUT2D eigenvalue weighted by atomic mass is 9.86. The van der Waals surface area contributed by atoms with E-state index in [-0.39, 0.29) is 37.5 Å². The lowest BCUT2D eigenvalue weighted by Gasteiger charge is -2.48. The van der Waals surface area contributed by atoms with E-state index in [0.717, 1.165) is 47.6 Å². The Labute approximate surface area is 286 Å². The molecule has 0 aromatic heterocycles. The van der Waals surface area contributed by atoms with Gasteiger partial charge in [0.2, 0.25) is 0 Å². The Morgan fingerprint density at radius 3 is 1.77 bits per heavy atom. The smallest absolute Gasteiger partial charge is 0.307 e. The van der Waals surface area contributed by atoms with Crippen LogP contribution < -0.4 is 10.4 Å². The molecule has 0 amide bonds. The lowest BCUT2D eigenvalue weighted by Crippen LogP contribution is -2.68. The number of carbonyl (C=O) groups is 3. The van der Waals surface area contributed by atoms with E-state index in [2.05, 4.69) is 97.0 Å². The van der Waals surface area contributed by atoms with Gasteiger partial charge in [-0.15, -0.1) is 0 Å². The molecular weight excluding hydrogens is 625 g/mol. The first-order chi connectivity index (χ1) is 22.4. The van der Waals surface area contributed by atoms with Gasteiger partial charge in [-0.2, -0.15) is 0 Å². The molecule has 0 aliphatic rings. The number of aldehydes is 1. The number of hydrogen-bond donors (Lipinski definition) is 0. The maximum absolute atomic E-state index is 13.6. The van der Waals surface area contributed by atoms with Crippen LogP contribution in [0.2, 0.25) is 23.2 Å². The summed E-state index contributed by atoms with van der Waals surface area (Å²) in [5, 5.41) is 2.04. The van der Waals surface area contributed by atoms with Gasteiger partial charge >= 0.3 is 11.9 Å². The van der Waals surface area contributed by atoms with Crippen LogP contribution >= 0.6 is 0 Å². The van der Waals surface area contributed by atoms with Crippen molar-refractivity contribution in [1.82, 2.24) is 0 Å². The van der Waals surface area contributed by atoms with Crippen LogP contribution in [0.15, 0.2) is 60.7 Å². The second-order valence-electron chi connectivity index (χ2n) is 13.5. The fourth-order valence-corrected chi connectivity index (χ4v) is 14.1. The first kappa shape index (κ1) is 40.6. The van der Waals surface area contributed by atoms with Crippen molar-refractivity contribution in [2.75, 3.05) is 13.2 Å². The molecule has 0 saturated carbocycles. The van der Waals surface area contributed by atoms with Gasteiger partial charge in [0.1, 0.15) is 18.0 Å². The van der Waals surface area contributed by atoms with Gasteiger partial charge in [0.25, 0.3) is 8.32 Å². The predicted molar refractivity (Wildman–Crippen MR) is 195 cm³/mol. The molecule has 0 N–H and O–H groups in total. The molecular formula is C38H60O7Si2. The first-order valence-electron chi connectivity index (χ1n) is 17.7. The summed E-state index contributed by atoms with van der Waals surface area (Å²) in [4.78, 5) is 37.7. The fraction of sp³-hybridized carbons (Fsp3) is 0.605. The molecule has 0 bridgehead atoms. The highest BCUT2D eigenvalue weighted by molar-refractivity contribution is 6.99. The SMILES string of the molecule is CCCC[C@@](CCC=O)(OC(=O)CCC(=O)OCC)[C@@H](CO[Si](c1ccccc1)(c1ccccc1)C(C)(C)C)O[Si](CC)(CC)CC. The van der Waals surface area contributed by atoms with E-state index in [0.29, 0.717) is 12.8 Å². The summed E-state index contributed by atoms with van der Waals surface area (Å²) in [6.07, 6.45) is 2.83. The maximum atomic E-state index is 13.6. The molecule has 0 saturated heterocycles. The average molecular weight is 685 g/mol. The van der Waals surface area contributed by atoms with Crippen LogP contribution in [0.25, 0.3) is 0 Å². The third kappa shape index (κ3) is 10.7. The maximum Gasteiger partial charge on any atom is 0.307 e. The highest BCUT2D eigenvalue weighted by Crippen LogP contribution is 2.40. The molecule has 0 heterocycles. The number of esters is 2. The Morgan fingerprint density at radius 2 is 1.32 bits per heavy atom. The standard InChI is InChI=1S/C38H60O7Si2/c1-9-14-28-38(29-21-30-39,44-36(41)27-26-35(40)42-10-2)34(45-46(11-3,12-4)13-5)31-43-47(37(6,7)8,32-22-17-15-18-23-32)33-24-19-16-20-25-33/h15-20,22-25,30,34H,9-14,21,26-29,31H2,1-8H3/t34-,38+/m1/s1. The zero-order valence-electron chi connectivity index (χ0n) is 30.3. The zero-order chi connectivity index (χ0) is 35.0. The van der Waals surface area contributed by atoms with Crippen molar-refractivity contribution in [1.29, 1.82) is 0 Å². The van der Waals surface area contributed by atoms with E-state index in [1.54, 1.807) is 6.92 Å². The molecule has 0 unspecified atom stereocenters. The molecule has 2 atom stereocenters. The fourth-order valence-electron chi connectivity index (χ4n) is 6.67. The molecule has 2 aromatic rings. The van der Waals surface area contributed by atoms with Crippen molar-refractivity contribution >= 4 is 45.2 Å². The van der Waals surface area contributed by atoms with Crippen LogP contribution in [-0.4, -0.2) is 59.8 Å². The molecule has 2 rings (SSSR count). The van der Waals surface area contributed by atoms with E-state index in [4.69, 9.17) is 18.3 Å². The third-order valence-electron chi connectivity index (χ3n) is 9.57. The number of ether oxygens (including phenoxy) is 2. The van der Waals surface area contributed by atoms with Crippen molar-refractivity contribution < 1.29 is 32.7 Å². The topological polar surface area (TPSA) is 88.1 Å². The molecule has 0 spiro atoms. The number of rotatable bonds is 22. The number of unbranched alkanes of at least 4 members (excludes halogenated alkanes) is 1. The van der Waals surface area contributed by atoms with Crippen LogP contribution in [-0.2, 0) is 32.7 Å². The van der Waals surface area contributed by atoms with Gasteiger partial charge in [-0.1, -0.05) is 116 Å². The quantitative estimate of drug-likeness (QED) is 0.0712. The monoisotopic (exact) mass is 684 g/mol. The van der Waals surface area contributed by atoms with Crippen molar-refractivity contribution in [3.63, 3.8) is 0 Å². The second kappa shape index (κ2) is 19.4. The molecule has 2 aromatic carbocycles. The molecule has 0 radical (unpaired) electrons. The van der Waals surface area contributed by atoms with Crippen molar-refractivity contribution in [2.45, 2.75) is 135 Å². The van der Waals surface area contributed by atoms with Crippen LogP contribution in [0.5, 0.6) is 0 Å². The third-order valence-corrected chi connectivity index (χ3v) is 19.2. The second-order valence-corrected chi connectivity index (χ2v) is 22.5. The van der Waals surface area contributed by atoms with Crippen LogP contribution in [0, 0.1) is 0 Å². The lowest BCUT2D eigenvalue weighted by molar-refractivity contribution is -0.179. The summed E-state index contributed by atoms with van der Waals surface area (Å²) in [7, 11) is -5.26. The predicted octanol–water partition coefficient (Wildman–Crippen LogP) is 7.75. The van der Waals surface area contributed by atoms with E-state index < -0.39 is 40.3 Å². The van der Waals surface area contributed by atoms with Crippen LogP contribution in [0.4, 0.5) is 0 Å². The largest absolute Gasteiger partial charge is 0.466 e. The molecule has 47 heavy (non-hydrogen) atoms. The van der Waals surface area contributed by atoms with Crippen LogP contribution in [0.3, 0.4) is 0 Å². The summed E-state index contributed by atoms with van der Waals surface area (Å²) < 4.78 is 26.4. The summed E-state index contributed by atoms with van der Waals surface area (Å²) in [5.74, 6) is -0.926. The number of carbonyl (C=O) groups excluding carboxylic acids is 3. The minimum absolute atomic E-state index is 0.0636. The molecule has 0 aliphatic carbocycles. The summed E-state index contributed by atoms with van der Waals surface area (Å²) in [5.41, 5.74) is -1.11. The van der Waals surface area contributed by atoms with Crippen molar-refractivity contribution in [2.24, 2.45) is 0 Å². The summed E-state index contributed by atoms with van der Waals surface area (Å²) in [6, 6.07) is 23.7. The van der Waals surface area contributed by atoms with Crippen LogP contribution in [0.1, 0.15) is 100 Å². The van der Waals surface area contributed by atoms with E-state index >= 15 is 0 Å². The average Bonchev–Trinajstić information content (AvgIpc) is 3.07. The Balaban J connectivity index is 2.78. The number of benzene rings is 2. The van der Waals surface area contributed by atoms with E-state index in [1.165, 1.54) is 0 Å². The van der Waals surface area contributed by atoms with Gasteiger partial charge in [0.05, 0.1) is 26.1 Å². The minimum atomic E-state index is -2.97. The van der Waals surface area contributed by atoms with Crippen molar-refractivity contribution in [3.8, 4) is 0 Å². The Kier molecular flexibility index (Phi) is 16.8. The van der Waals surface area contributed by atoms with Gasteiger partial charge < -0.3 is 23.1 Å². The Hall–Kier alpha value is -2.60.